The summed E-state index contributed by atoms with van der Waals surface area (Å²) in [5.41, 5.74) is -3.97. The third-order valence-corrected chi connectivity index (χ3v) is 14.1. The maximum Gasteiger partial charge on any atom is 0.314 e. The Kier molecular flexibility index (Phi) is 12.7. The summed E-state index contributed by atoms with van der Waals surface area (Å²) in [5.74, 6) is -5.37. The fraction of sp³-hybridized carbons (Fsp3) is 0.510. The van der Waals surface area contributed by atoms with E-state index in [9.17, 15) is 29.7 Å². The Morgan fingerprint density at radius 3 is 2.03 bits per heavy atom. The number of aliphatic hydroxyl groups excluding tert-OH is 2. The summed E-state index contributed by atoms with van der Waals surface area (Å²) in [5, 5.41) is 40.9. The molecule has 4 aliphatic rings. The highest BCUT2D eigenvalue weighted by molar-refractivity contribution is 5.95. The van der Waals surface area contributed by atoms with Gasteiger partial charge >= 0.3 is 17.9 Å². The zero-order valence-corrected chi connectivity index (χ0v) is 36.4. The van der Waals surface area contributed by atoms with Gasteiger partial charge in [0.2, 0.25) is 0 Å². The van der Waals surface area contributed by atoms with E-state index >= 15 is 4.79 Å². The first-order valence-corrected chi connectivity index (χ1v) is 21.4. The van der Waals surface area contributed by atoms with Crippen molar-refractivity contribution in [3.8, 4) is 0 Å². The van der Waals surface area contributed by atoms with Gasteiger partial charge in [0.15, 0.2) is 17.5 Å². The van der Waals surface area contributed by atoms with Gasteiger partial charge in [0.1, 0.15) is 23.7 Å². The van der Waals surface area contributed by atoms with Gasteiger partial charge in [0.05, 0.1) is 36.9 Å². The molecule has 3 fully saturated rings. The fourth-order valence-corrected chi connectivity index (χ4v) is 10.9. The minimum absolute atomic E-state index is 0.0613. The first kappa shape index (κ1) is 45.3. The van der Waals surface area contributed by atoms with Gasteiger partial charge in [0.25, 0.3) is 0 Å². The van der Waals surface area contributed by atoms with Crippen LogP contribution in [0.4, 0.5) is 0 Å². The minimum atomic E-state index is -2.08. The van der Waals surface area contributed by atoms with E-state index in [4.69, 9.17) is 23.7 Å². The highest BCUT2D eigenvalue weighted by Gasteiger charge is 2.77. The van der Waals surface area contributed by atoms with Crippen molar-refractivity contribution < 1.29 is 58.2 Å². The Bertz CT molecular complexity index is 2160. The lowest BCUT2D eigenvalue weighted by Gasteiger charge is -2.67. The number of ketones is 1. The number of rotatable bonds is 13. The molecule has 0 amide bonds. The normalized spacial score (nSPS) is 32.6. The number of aliphatic hydroxyl groups is 3. The van der Waals surface area contributed by atoms with E-state index in [1.165, 1.54) is 20.8 Å². The topological polar surface area (TPSA) is 187 Å². The van der Waals surface area contributed by atoms with Crippen molar-refractivity contribution in [3.63, 3.8) is 0 Å². The molecule has 13 heteroatoms. The van der Waals surface area contributed by atoms with Crippen molar-refractivity contribution in [2.75, 3.05) is 6.61 Å². The van der Waals surface area contributed by atoms with Crippen molar-refractivity contribution in [1.82, 2.24) is 5.32 Å². The van der Waals surface area contributed by atoms with Crippen molar-refractivity contribution in [1.29, 1.82) is 0 Å². The Balaban J connectivity index is 1.39. The molecule has 1 aliphatic heterocycles. The van der Waals surface area contributed by atoms with Crippen LogP contribution in [0, 0.1) is 22.7 Å². The van der Waals surface area contributed by atoms with Crippen LogP contribution in [-0.4, -0.2) is 93.4 Å². The molecular weight excluding hydrogens is 795 g/mol. The van der Waals surface area contributed by atoms with Gasteiger partial charge in [-0.1, -0.05) is 105 Å². The summed E-state index contributed by atoms with van der Waals surface area (Å²) >= 11 is 0. The molecule has 62 heavy (non-hydrogen) atoms. The number of benzene rings is 3. The number of ether oxygens (including phenoxy) is 5. The van der Waals surface area contributed by atoms with Crippen molar-refractivity contribution in [2.24, 2.45) is 22.7 Å². The average molecular weight is 854 g/mol. The summed E-state index contributed by atoms with van der Waals surface area (Å²) in [7, 11) is 0. The van der Waals surface area contributed by atoms with Crippen LogP contribution in [0.2, 0.25) is 0 Å². The Labute approximate surface area is 362 Å². The van der Waals surface area contributed by atoms with Gasteiger partial charge in [-0.05, 0) is 48.6 Å². The molecule has 0 aromatic heterocycles. The van der Waals surface area contributed by atoms with E-state index in [-0.39, 0.29) is 31.6 Å². The van der Waals surface area contributed by atoms with Gasteiger partial charge in [-0.3, -0.25) is 19.2 Å². The van der Waals surface area contributed by atoms with E-state index in [0.29, 0.717) is 12.1 Å². The summed E-state index contributed by atoms with van der Waals surface area (Å²) < 4.78 is 31.5. The maximum absolute atomic E-state index is 15.6. The highest BCUT2D eigenvalue weighted by atomic mass is 16.6. The molecule has 3 aromatic rings. The zero-order valence-electron chi connectivity index (χ0n) is 36.4. The Morgan fingerprint density at radius 1 is 0.887 bits per heavy atom. The van der Waals surface area contributed by atoms with Crippen molar-refractivity contribution in [2.45, 2.75) is 128 Å². The first-order chi connectivity index (χ1) is 29.4. The molecular formula is C49H59NO12. The number of nitrogens with one attached hydrogen (secondary N) is 1. The fourth-order valence-electron chi connectivity index (χ4n) is 10.9. The smallest absolute Gasteiger partial charge is 0.314 e. The molecule has 332 valence electrons. The molecule has 0 spiro atoms. The van der Waals surface area contributed by atoms with Crippen LogP contribution >= 0.6 is 0 Å². The number of carbonyl (C=O) groups is 4. The number of fused-ring (bicyclic) bond motifs is 5. The second-order valence-electron chi connectivity index (χ2n) is 18.2. The van der Waals surface area contributed by atoms with Gasteiger partial charge in [0, 0.05) is 50.6 Å². The Hall–Kier alpha value is -4.76. The zero-order chi connectivity index (χ0) is 44.8. The number of hydrogen-bond donors (Lipinski definition) is 4. The molecule has 2 bridgehead atoms. The molecule has 1 saturated heterocycles. The Morgan fingerprint density at radius 2 is 1.48 bits per heavy atom. The molecule has 3 aliphatic carbocycles. The molecule has 13 nitrogen and oxygen atoms in total. The van der Waals surface area contributed by atoms with Crippen molar-refractivity contribution >= 4 is 23.7 Å². The lowest BCUT2D eigenvalue weighted by atomic mass is 9.44. The predicted octanol–water partition coefficient (Wildman–Crippen LogP) is 5.09. The first-order valence-electron chi connectivity index (χ1n) is 21.4. The minimum Gasteiger partial charge on any atom is -0.457 e. The molecule has 7 rings (SSSR count). The number of hydrogen-bond acceptors (Lipinski definition) is 13. The summed E-state index contributed by atoms with van der Waals surface area (Å²) in [6, 6.07) is 27.4. The average Bonchev–Trinajstić information content (AvgIpc) is 3.22. The predicted molar refractivity (Wildman–Crippen MR) is 226 cm³/mol. The molecule has 2 saturated carbocycles. The standard InChI is InChI=1S/C49H59NO12/c1-28-35(61-45(56)38(29(2)51)40(34-21-15-10-16-22-34)50-25-32-17-11-8-12-18-32)24-49(57)44(58-26-33-19-13-9-14-20-33)42-47(7,36(54)23-37-48(42,27-59-37)62-31(4)53)43(55)41(60-30(3)52)39(28)46(49,5)6/h8-22,29,35-38,40-42,44,50-51,54,57H,23-27H2,1-7H3/t29-,35+,36+,37-,38+,40+,41-,42+,44+,47-,48+,49-/m1/s1. The second kappa shape index (κ2) is 17.4. The molecule has 12 atom stereocenters. The molecule has 4 N–H and O–H groups in total. The van der Waals surface area contributed by atoms with E-state index in [2.05, 4.69) is 5.32 Å². The van der Waals surface area contributed by atoms with Crippen LogP contribution in [0.3, 0.4) is 0 Å². The van der Waals surface area contributed by atoms with Crippen LogP contribution in [0.1, 0.15) is 84.0 Å². The lowest BCUT2D eigenvalue weighted by molar-refractivity contribution is -0.351. The van der Waals surface area contributed by atoms with Crippen LogP contribution < -0.4 is 5.32 Å². The van der Waals surface area contributed by atoms with Crippen LogP contribution in [-0.2, 0) is 56.0 Å². The highest BCUT2D eigenvalue weighted by Crippen LogP contribution is 2.64. The maximum atomic E-state index is 15.6. The number of Topliss-reactive ketones (excluding diaryl/α,β-unsaturated/α-hetero) is 1. The van der Waals surface area contributed by atoms with E-state index in [1.54, 1.807) is 27.7 Å². The quantitative estimate of drug-likeness (QED) is 0.101. The largest absolute Gasteiger partial charge is 0.457 e. The summed E-state index contributed by atoms with van der Waals surface area (Å²) in [6.45, 7) is 10.7. The van der Waals surface area contributed by atoms with Crippen LogP contribution in [0.15, 0.2) is 102 Å². The van der Waals surface area contributed by atoms with Crippen molar-refractivity contribution in [3.05, 3.63) is 119 Å². The van der Waals surface area contributed by atoms with Gasteiger partial charge in [-0.2, -0.15) is 0 Å². The summed E-state index contributed by atoms with van der Waals surface area (Å²) in [4.78, 5) is 56.5. The van der Waals surface area contributed by atoms with Crippen LogP contribution in [0.5, 0.6) is 0 Å². The van der Waals surface area contributed by atoms with Gasteiger partial charge in [-0.15, -0.1) is 0 Å². The third-order valence-electron chi connectivity index (χ3n) is 14.1. The van der Waals surface area contributed by atoms with Gasteiger partial charge < -0.3 is 44.3 Å². The number of carbonyl (C=O) groups excluding carboxylic acids is 4. The number of esters is 3. The molecule has 3 aromatic carbocycles. The van der Waals surface area contributed by atoms with E-state index < -0.39 is 100 Å². The second-order valence-corrected chi connectivity index (χ2v) is 18.2. The van der Waals surface area contributed by atoms with E-state index in [0.717, 1.165) is 16.7 Å². The monoisotopic (exact) mass is 853 g/mol. The molecule has 0 unspecified atom stereocenters. The van der Waals surface area contributed by atoms with Gasteiger partial charge in [-0.25, -0.2) is 0 Å². The third kappa shape index (κ3) is 7.81. The lowest BCUT2D eigenvalue weighted by Crippen LogP contribution is -2.81. The summed E-state index contributed by atoms with van der Waals surface area (Å²) in [6.07, 6.45) is -8.19. The van der Waals surface area contributed by atoms with Crippen LogP contribution in [0.25, 0.3) is 0 Å². The molecule has 1 heterocycles. The van der Waals surface area contributed by atoms with E-state index in [1.807, 2.05) is 91.0 Å². The molecule has 0 radical (unpaired) electrons. The SMILES string of the molecule is CC(=O)O[C@H]1C(=O)[C@@]2(C)[C@H]([C@H](OCc3ccccc3)[C@]3(O)C[C@H](OC(=O)[C@@H]([C@@H](C)O)[C@@H](NCc4ccccc4)c4ccccc4)C(C)=C1C3(C)C)[C@]1(OC(C)=O)CO[C@@H]1C[C@@H]2O.